The first-order valence-corrected chi connectivity index (χ1v) is 6.34. The normalized spacial score (nSPS) is 16.6. The second-order valence-corrected chi connectivity index (χ2v) is 4.95. The van der Waals surface area contributed by atoms with E-state index in [-0.39, 0.29) is 11.5 Å². The highest BCUT2D eigenvalue weighted by Gasteiger charge is 2.43. The number of hydrogen-bond acceptors (Lipinski definition) is 5. The van der Waals surface area contributed by atoms with Gasteiger partial charge in [0.25, 0.3) is 5.91 Å². The van der Waals surface area contributed by atoms with Crippen LogP contribution in [-0.4, -0.2) is 29.0 Å². The Morgan fingerprint density at radius 2 is 2.35 bits per heavy atom. The Bertz CT molecular complexity index is 549. The van der Waals surface area contributed by atoms with Crippen LogP contribution in [0.4, 0.5) is 0 Å². The molecule has 0 saturated heterocycles. The summed E-state index contributed by atoms with van der Waals surface area (Å²) in [5.74, 6) is -0.901. The van der Waals surface area contributed by atoms with Crippen molar-refractivity contribution in [1.82, 2.24) is 10.3 Å². The highest BCUT2D eigenvalue weighted by Crippen LogP contribution is 2.39. The number of carbonyl (C=O) groups is 2. The minimum atomic E-state index is -0.877. The van der Waals surface area contributed by atoms with Crippen molar-refractivity contribution >= 4 is 11.9 Å². The Kier molecular flexibility index (Phi) is 3.99. The molecule has 1 amide bonds. The molecule has 1 N–H and O–H groups in total. The second-order valence-electron chi connectivity index (χ2n) is 4.95. The molecule has 0 aromatic carbocycles. The van der Waals surface area contributed by atoms with E-state index in [1.807, 2.05) is 0 Å². The molecular formula is C14H15N3O3. The van der Waals surface area contributed by atoms with Crippen LogP contribution in [0.3, 0.4) is 0 Å². The summed E-state index contributed by atoms with van der Waals surface area (Å²) >= 11 is 0. The molecule has 1 aromatic rings. The number of nitriles is 1. The Morgan fingerprint density at radius 3 is 2.90 bits per heavy atom. The molecule has 6 nitrogen and oxygen atoms in total. The predicted molar refractivity (Wildman–Crippen MR) is 69.4 cm³/mol. The van der Waals surface area contributed by atoms with Crippen molar-refractivity contribution in [2.45, 2.75) is 25.3 Å². The van der Waals surface area contributed by atoms with Gasteiger partial charge in [-0.15, -0.1) is 0 Å². The number of pyridine rings is 1. The van der Waals surface area contributed by atoms with Gasteiger partial charge < -0.3 is 10.1 Å². The van der Waals surface area contributed by atoms with Gasteiger partial charge in [0.2, 0.25) is 0 Å². The van der Waals surface area contributed by atoms with Crippen LogP contribution in [-0.2, 0) is 9.53 Å². The van der Waals surface area contributed by atoms with E-state index in [1.54, 1.807) is 19.1 Å². The van der Waals surface area contributed by atoms with Crippen molar-refractivity contribution in [3.8, 4) is 6.07 Å². The van der Waals surface area contributed by atoms with Crippen molar-refractivity contribution in [1.29, 1.82) is 5.26 Å². The number of nitrogens with one attached hydrogen (secondary N) is 1. The van der Waals surface area contributed by atoms with E-state index in [2.05, 4.69) is 16.4 Å². The third-order valence-corrected chi connectivity index (χ3v) is 3.26. The molecule has 6 heteroatoms. The van der Waals surface area contributed by atoms with E-state index in [1.165, 1.54) is 12.4 Å². The zero-order valence-corrected chi connectivity index (χ0v) is 11.1. The zero-order chi connectivity index (χ0) is 14.6. The largest absolute Gasteiger partial charge is 0.452 e. The number of esters is 1. The molecular weight excluding hydrogens is 258 g/mol. The third-order valence-electron chi connectivity index (χ3n) is 3.26. The van der Waals surface area contributed by atoms with Gasteiger partial charge in [-0.05, 0) is 37.8 Å². The van der Waals surface area contributed by atoms with Gasteiger partial charge in [-0.2, -0.15) is 5.26 Å². The Hall–Kier alpha value is -2.42. The summed E-state index contributed by atoms with van der Waals surface area (Å²) in [7, 11) is 0. The fourth-order valence-corrected chi connectivity index (χ4v) is 1.91. The van der Waals surface area contributed by atoms with Gasteiger partial charge in [-0.3, -0.25) is 9.78 Å². The van der Waals surface area contributed by atoms with Crippen molar-refractivity contribution < 1.29 is 14.3 Å². The number of hydrogen-bond donors (Lipinski definition) is 1. The SMILES string of the molecule is C[C@](C#N)(NC(=O)COC(=O)c1cccnc1)C1CC1. The van der Waals surface area contributed by atoms with E-state index >= 15 is 0 Å². The first-order valence-electron chi connectivity index (χ1n) is 6.34. The standard InChI is InChI=1S/C14H15N3O3/c1-14(9-15,11-4-5-11)17-12(18)8-20-13(19)10-3-2-6-16-7-10/h2-3,6-7,11H,4-5,8H2,1H3,(H,17,18)/t14-/m1/s1. The smallest absolute Gasteiger partial charge is 0.340 e. The molecule has 0 aliphatic heterocycles. The number of aromatic nitrogens is 1. The van der Waals surface area contributed by atoms with Gasteiger partial charge in [-0.25, -0.2) is 4.79 Å². The van der Waals surface area contributed by atoms with E-state index in [4.69, 9.17) is 10.00 Å². The monoisotopic (exact) mass is 273 g/mol. The molecule has 1 saturated carbocycles. The van der Waals surface area contributed by atoms with Crippen molar-refractivity contribution in [3.63, 3.8) is 0 Å². The molecule has 0 bridgehead atoms. The molecule has 20 heavy (non-hydrogen) atoms. The molecule has 1 atom stereocenters. The summed E-state index contributed by atoms with van der Waals surface area (Å²) in [5.41, 5.74) is -0.594. The molecule has 1 aliphatic rings. The predicted octanol–water partition coefficient (Wildman–Crippen LogP) is 1.05. The van der Waals surface area contributed by atoms with Crippen LogP contribution in [0.5, 0.6) is 0 Å². The van der Waals surface area contributed by atoms with Crippen LogP contribution in [0, 0.1) is 17.2 Å². The molecule has 0 spiro atoms. The number of rotatable bonds is 5. The van der Waals surface area contributed by atoms with Gasteiger partial charge in [-0.1, -0.05) is 0 Å². The van der Waals surface area contributed by atoms with Crippen LogP contribution in [0.2, 0.25) is 0 Å². The minimum Gasteiger partial charge on any atom is -0.452 e. The van der Waals surface area contributed by atoms with Gasteiger partial charge >= 0.3 is 5.97 Å². The molecule has 1 aliphatic carbocycles. The zero-order valence-electron chi connectivity index (χ0n) is 11.1. The lowest BCUT2D eigenvalue weighted by Crippen LogP contribution is -2.48. The highest BCUT2D eigenvalue weighted by atomic mass is 16.5. The van der Waals surface area contributed by atoms with Gasteiger partial charge in [0.15, 0.2) is 6.61 Å². The van der Waals surface area contributed by atoms with E-state index in [0.717, 1.165) is 12.8 Å². The van der Waals surface area contributed by atoms with Crippen LogP contribution in [0.25, 0.3) is 0 Å². The maximum absolute atomic E-state index is 11.7. The topological polar surface area (TPSA) is 92.1 Å². The Labute approximate surface area is 116 Å². The molecule has 0 unspecified atom stereocenters. The second kappa shape index (κ2) is 5.70. The maximum atomic E-state index is 11.7. The van der Waals surface area contributed by atoms with Crippen molar-refractivity contribution in [2.75, 3.05) is 6.61 Å². The first-order chi connectivity index (χ1) is 9.55. The molecule has 2 rings (SSSR count). The van der Waals surface area contributed by atoms with Crippen LogP contribution < -0.4 is 5.32 Å². The number of ether oxygens (including phenoxy) is 1. The van der Waals surface area contributed by atoms with E-state index in [9.17, 15) is 9.59 Å². The quantitative estimate of drug-likeness (QED) is 0.809. The third kappa shape index (κ3) is 3.32. The highest BCUT2D eigenvalue weighted by molar-refractivity contribution is 5.91. The van der Waals surface area contributed by atoms with Crippen molar-refractivity contribution in [3.05, 3.63) is 30.1 Å². The average Bonchev–Trinajstić information content (AvgIpc) is 3.30. The Balaban J connectivity index is 1.84. The number of amides is 1. The fraction of sp³-hybridized carbons (Fsp3) is 0.429. The summed E-state index contributed by atoms with van der Waals surface area (Å²) in [6.45, 7) is 1.28. The molecule has 1 fully saturated rings. The summed E-state index contributed by atoms with van der Waals surface area (Å²) in [4.78, 5) is 27.1. The van der Waals surface area contributed by atoms with E-state index < -0.39 is 24.0 Å². The summed E-state index contributed by atoms with van der Waals surface area (Å²) in [6, 6.07) is 5.27. The summed E-state index contributed by atoms with van der Waals surface area (Å²) < 4.78 is 4.88. The average molecular weight is 273 g/mol. The lowest BCUT2D eigenvalue weighted by Gasteiger charge is -2.22. The maximum Gasteiger partial charge on any atom is 0.340 e. The van der Waals surface area contributed by atoms with Crippen LogP contribution >= 0.6 is 0 Å². The van der Waals surface area contributed by atoms with Crippen LogP contribution in [0.15, 0.2) is 24.5 Å². The lowest BCUT2D eigenvalue weighted by molar-refractivity contribution is -0.125. The Morgan fingerprint density at radius 1 is 1.60 bits per heavy atom. The molecule has 1 aromatic heterocycles. The van der Waals surface area contributed by atoms with Gasteiger partial charge in [0.1, 0.15) is 5.54 Å². The van der Waals surface area contributed by atoms with Crippen LogP contribution in [0.1, 0.15) is 30.1 Å². The molecule has 104 valence electrons. The first kappa shape index (κ1) is 14.0. The minimum absolute atomic E-state index is 0.186. The molecule has 1 heterocycles. The molecule has 0 radical (unpaired) electrons. The summed E-state index contributed by atoms with van der Waals surface area (Å²) in [6.07, 6.45) is 4.76. The fourth-order valence-electron chi connectivity index (χ4n) is 1.91. The summed E-state index contributed by atoms with van der Waals surface area (Å²) in [5, 5.41) is 11.7. The number of carbonyl (C=O) groups excluding carboxylic acids is 2. The lowest BCUT2D eigenvalue weighted by atomic mass is 9.98. The van der Waals surface area contributed by atoms with Gasteiger partial charge in [0, 0.05) is 12.4 Å². The van der Waals surface area contributed by atoms with E-state index in [0.29, 0.717) is 0 Å². The number of nitrogens with zero attached hydrogens (tertiary/aromatic N) is 2. The van der Waals surface area contributed by atoms with Crippen molar-refractivity contribution in [2.24, 2.45) is 5.92 Å². The van der Waals surface area contributed by atoms with Gasteiger partial charge in [0.05, 0.1) is 11.6 Å².